The standard InChI is InChI=1S/C23H17Cl3OS/c1-15-2-4-16(5-3-15)14-28-22(12-17-10-20(25)13-21(26)11-17)23(27)18-6-8-19(24)9-7-18/h2-13H,14H2,1H3/b22-12+. The molecular weight excluding hydrogens is 431 g/mol. The van der Waals surface area contributed by atoms with Gasteiger partial charge in [0.1, 0.15) is 0 Å². The molecule has 0 aromatic heterocycles. The van der Waals surface area contributed by atoms with Gasteiger partial charge in [0.15, 0.2) is 5.78 Å². The van der Waals surface area contributed by atoms with Crippen LogP contribution in [0.3, 0.4) is 0 Å². The fraction of sp³-hybridized carbons (Fsp3) is 0.0870. The molecule has 0 heterocycles. The number of ketones is 1. The third-order valence-corrected chi connectivity index (χ3v) is 5.81. The molecule has 3 aromatic rings. The largest absolute Gasteiger partial charge is 0.288 e. The highest BCUT2D eigenvalue weighted by atomic mass is 35.5. The third-order valence-electron chi connectivity index (χ3n) is 4.03. The molecule has 5 heteroatoms. The fourth-order valence-corrected chi connectivity index (χ4v) is 4.22. The van der Waals surface area contributed by atoms with Gasteiger partial charge >= 0.3 is 0 Å². The minimum Gasteiger partial charge on any atom is -0.288 e. The highest BCUT2D eigenvalue weighted by Gasteiger charge is 2.14. The maximum absolute atomic E-state index is 13.1. The molecule has 0 N–H and O–H groups in total. The smallest absolute Gasteiger partial charge is 0.199 e. The Labute approximate surface area is 184 Å². The second-order valence-corrected chi connectivity index (χ2v) is 8.65. The van der Waals surface area contributed by atoms with E-state index < -0.39 is 0 Å². The number of Topliss-reactive ketones (excluding diaryl/α,β-unsaturated/α-hetero) is 1. The van der Waals surface area contributed by atoms with Crippen LogP contribution in [0, 0.1) is 6.92 Å². The van der Waals surface area contributed by atoms with Gasteiger partial charge in [0, 0.05) is 26.4 Å². The van der Waals surface area contributed by atoms with Crippen molar-refractivity contribution in [2.75, 3.05) is 0 Å². The van der Waals surface area contributed by atoms with Crippen LogP contribution in [0.2, 0.25) is 15.1 Å². The number of hydrogen-bond donors (Lipinski definition) is 0. The van der Waals surface area contributed by atoms with Gasteiger partial charge in [-0.25, -0.2) is 0 Å². The molecule has 0 saturated carbocycles. The van der Waals surface area contributed by atoms with Crippen molar-refractivity contribution in [3.63, 3.8) is 0 Å². The molecule has 3 rings (SSSR count). The van der Waals surface area contributed by atoms with Gasteiger partial charge in [-0.2, -0.15) is 0 Å². The molecule has 0 radical (unpaired) electrons. The number of rotatable bonds is 6. The summed E-state index contributed by atoms with van der Waals surface area (Å²) in [5.74, 6) is 0.615. The van der Waals surface area contributed by atoms with Gasteiger partial charge in [-0.3, -0.25) is 4.79 Å². The fourth-order valence-electron chi connectivity index (χ4n) is 2.57. The average Bonchev–Trinajstić information content (AvgIpc) is 2.65. The molecular formula is C23H17Cl3OS. The van der Waals surface area contributed by atoms with Crippen molar-refractivity contribution < 1.29 is 4.79 Å². The van der Waals surface area contributed by atoms with E-state index in [1.165, 1.54) is 17.3 Å². The van der Waals surface area contributed by atoms with Crippen molar-refractivity contribution in [1.82, 2.24) is 0 Å². The first-order valence-electron chi connectivity index (χ1n) is 8.57. The molecule has 1 nitrogen and oxygen atoms in total. The van der Waals surface area contributed by atoms with Crippen LogP contribution in [0.25, 0.3) is 6.08 Å². The lowest BCUT2D eigenvalue weighted by molar-refractivity contribution is 0.104. The lowest BCUT2D eigenvalue weighted by Gasteiger charge is -2.09. The molecule has 0 aliphatic carbocycles. The molecule has 0 spiro atoms. The molecule has 28 heavy (non-hydrogen) atoms. The monoisotopic (exact) mass is 446 g/mol. The van der Waals surface area contributed by atoms with Gasteiger partial charge in [0.2, 0.25) is 0 Å². The number of aryl methyl sites for hydroxylation is 1. The van der Waals surface area contributed by atoms with E-state index in [1.807, 2.05) is 6.08 Å². The van der Waals surface area contributed by atoms with E-state index in [0.717, 1.165) is 11.1 Å². The van der Waals surface area contributed by atoms with Gasteiger partial charge in [-0.05, 0) is 66.6 Å². The van der Waals surface area contributed by atoms with Crippen LogP contribution in [0.15, 0.2) is 71.6 Å². The van der Waals surface area contributed by atoms with Crippen LogP contribution in [-0.4, -0.2) is 5.78 Å². The molecule has 0 saturated heterocycles. The summed E-state index contributed by atoms with van der Waals surface area (Å²) in [4.78, 5) is 13.7. The van der Waals surface area contributed by atoms with Crippen LogP contribution < -0.4 is 0 Å². The normalized spacial score (nSPS) is 11.5. The molecule has 0 amide bonds. The number of carbonyl (C=O) groups excluding carboxylic acids is 1. The molecule has 0 fully saturated rings. The summed E-state index contributed by atoms with van der Waals surface area (Å²) in [5.41, 5.74) is 3.72. The maximum atomic E-state index is 13.1. The molecule has 0 aliphatic heterocycles. The zero-order chi connectivity index (χ0) is 20.1. The summed E-state index contributed by atoms with van der Waals surface area (Å²) < 4.78 is 0. The molecule has 0 unspecified atom stereocenters. The minimum atomic E-state index is -0.0649. The van der Waals surface area contributed by atoms with E-state index in [9.17, 15) is 4.79 Å². The number of allylic oxidation sites excluding steroid dienone is 1. The van der Waals surface area contributed by atoms with Gasteiger partial charge in [0.25, 0.3) is 0 Å². The molecule has 0 aliphatic rings. The summed E-state index contributed by atoms with van der Waals surface area (Å²) in [6, 6.07) is 20.4. The summed E-state index contributed by atoms with van der Waals surface area (Å²) in [5, 5.41) is 1.65. The van der Waals surface area contributed by atoms with Crippen LogP contribution in [0.5, 0.6) is 0 Å². The Kier molecular flexibility index (Phi) is 7.25. The molecule has 142 valence electrons. The van der Waals surface area contributed by atoms with E-state index in [2.05, 4.69) is 31.2 Å². The van der Waals surface area contributed by atoms with Crippen molar-refractivity contribution in [3.05, 3.63) is 109 Å². The Bertz CT molecular complexity index is 989. The Morgan fingerprint density at radius 2 is 1.46 bits per heavy atom. The number of halogens is 3. The summed E-state index contributed by atoms with van der Waals surface area (Å²) >= 11 is 19.7. The number of thioether (sulfide) groups is 1. The van der Waals surface area contributed by atoms with Crippen LogP contribution in [0.4, 0.5) is 0 Å². The van der Waals surface area contributed by atoms with Crippen molar-refractivity contribution >= 4 is 58.4 Å². The minimum absolute atomic E-state index is 0.0649. The highest BCUT2D eigenvalue weighted by Crippen LogP contribution is 2.29. The molecule has 3 aromatic carbocycles. The maximum Gasteiger partial charge on any atom is 0.199 e. The Morgan fingerprint density at radius 3 is 2.07 bits per heavy atom. The zero-order valence-corrected chi connectivity index (χ0v) is 18.2. The van der Waals surface area contributed by atoms with Crippen LogP contribution >= 0.6 is 46.6 Å². The third kappa shape index (κ3) is 5.89. The summed E-state index contributed by atoms with van der Waals surface area (Å²) in [6.45, 7) is 2.05. The first kappa shape index (κ1) is 21.0. The Balaban J connectivity index is 1.92. The SMILES string of the molecule is Cc1ccc(CS/C(=C/c2cc(Cl)cc(Cl)c2)C(=O)c2ccc(Cl)cc2)cc1. The van der Waals surface area contributed by atoms with Crippen molar-refractivity contribution in [1.29, 1.82) is 0 Å². The molecule has 0 bridgehead atoms. The van der Waals surface area contributed by atoms with Crippen molar-refractivity contribution in [2.24, 2.45) is 0 Å². The lowest BCUT2D eigenvalue weighted by Crippen LogP contribution is -2.01. The average molecular weight is 448 g/mol. The van der Waals surface area contributed by atoms with Gasteiger partial charge in [-0.15, -0.1) is 11.8 Å². The number of hydrogen-bond acceptors (Lipinski definition) is 2. The van der Waals surface area contributed by atoms with Crippen LogP contribution in [-0.2, 0) is 5.75 Å². The first-order valence-corrected chi connectivity index (χ1v) is 10.7. The Hall–Kier alpha value is -1.71. The van der Waals surface area contributed by atoms with E-state index in [4.69, 9.17) is 34.8 Å². The highest BCUT2D eigenvalue weighted by molar-refractivity contribution is 8.03. The van der Waals surface area contributed by atoms with E-state index in [0.29, 0.717) is 31.3 Å². The topological polar surface area (TPSA) is 17.1 Å². The first-order chi connectivity index (χ1) is 13.4. The number of benzene rings is 3. The van der Waals surface area contributed by atoms with Gasteiger partial charge in [-0.1, -0.05) is 64.6 Å². The van der Waals surface area contributed by atoms with Crippen molar-refractivity contribution in [2.45, 2.75) is 12.7 Å². The predicted octanol–water partition coefficient (Wildman–Crippen LogP) is 8.11. The van der Waals surface area contributed by atoms with E-state index in [-0.39, 0.29) is 5.78 Å². The molecule has 0 atom stereocenters. The van der Waals surface area contributed by atoms with Gasteiger partial charge in [0.05, 0.1) is 4.91 Å². The quantitative estimate of drug-likeness (QED) is 0.280. The summed E-state index contributed by atoms with van der Waals surface area (Å²) in [7, 11) is 0. The van der Waals surface area contributed by atoms with Gasteiger partial charge < -0.3 is 0 Å². The second-order valence-electron chi connectivity index (χ2n) is 6.32. The number of carbonyl (C=O) groups is 1. The van der Waals surface area contributed by atoms with Crippen molar-refractivity contribution in [3.8, 4) is 0 Å². The van der Waals surface area contributed by atoms with E-state index in [1.54, 1.807) is 42.5 Å². The Morgan fingerprint density at radius 1 is 0.857 bits per heavy atom. The van der Waals surface area contributed by atoms with E-state index >= 15 is 0 Å². The van der Waals surface area contributed by atoms with Crippen LogP contribution in [0.1, 0.15) is 27.0 Å². The zero-order valence-electron chi connectivity index (χ0n) is 15.1. The summed E-state index contributed by atoms with van der Waals surface area (Å²) in [6.07, 6.45) is 1.83. The lowest BCUT2D eigenvalue weighted by atomic mass is 10.1. The second kappa shape index (κ2) is 9.67. The predicted molar refractivity (Wildman–Crippen MR) is 123 cm³/mol.